The zero-order chi connectivity index (χ0) is 15.4. The highest BCUT2D eigenvalue weighted by atomic mass is 79.9. The maximum Gasteiger partial charge on any atom is 0.261 e. The number of benzene rings is 1. The van der Waals surface area contributed by atoms with Gasteiger partial charge in [-0.1, -0.05) is 15.9 Å². The van der Waals surface area contributed by atoms with E-state index in [1.165, 1.54) is 4.90 Å². The molecule has 1 unspecified atom stereocenters. The molecule has 2 aliphatic rings. The number of hydrogen-bond donors (Lipinski definition) is 1. The molecule has 1 fully saturated rings. The molecule has 0 spiro atoms. The van der Waals surface area contributed by atoms with Crippen LogP contribution in [0, 0.1) is 0 Å². The van der Waals surface area contributed by atoms with Crippen molar-refractivity contribution in [2.24, 2.45) is 0 Å². The number of carbonyl (C=O) groups excluding carboxylic acids is 3. The number of piperidine rings is 1. The number of imide groups is 1. The molecular formula is C15H10BrN3O3. The lowest BCUT2D eigenvalue weighted by Gasteiger charge is -2.29. The van der Waals surface area contributed by atoms with Crippen LogP contribution in [-0.4, -0.2) is 28.7 Å². The van der Waals surface area contributed by atoms with Gasteiger partial charge in [0.05, 0.1) is 5.56 Å². The first-order valence-corrected chi connectivity index (χ1v) is 7.61. The van der Waals surface area contributed by atoms with Crippen LogP contribution in [0.4, 0.5) is 5.82 Å². The molecule has 1 aromatic carbocycles. The van der Waals surface area contributed by atoms with Crippen molar-refractivity contribution in [3.8, 4) is 0 Å². The molecule has 2 aromatic rings. The normalized spacial score (nSPS) is 20.7. The minimum Gasteiger partial charge on any atom is -0.295 e. The third-order valence-corrected chi connectivity index (χ3v) is 4.47. The van der Waals surface area contributed by atoms with E-state index in [1.807, 2.05) is 12.1 Å². The van der Waals surface area contributed by atoms with Crippen LogP contribution < -0.4 is 10.2 Å². The average Bonchev–Trinajstić information content (AvgIpc) is 2.74. The highest BCUT2D eigenvalue weighted by molar-refractivity contribution is 9.10. The summed E-state index contributed by atoms with van der Waals surface area (Å²) in [5.74, 6) is -0.524. The second-order valence-corrected chi connectivity index (χ2v) is 6.24. The average molecular weight is 360 g/mol. The summed E-state index contributed by atoms with van der Waals surface area (Å²) in [4.78, 5) is 41.9. The van der Waals surface area contributed by atoms with Crippen LogP contribution in [-0.2, 0) is 9.59 Å². The highest BCUT2D eigenvalue weighted by Crippen LogP contribution is 2.39. The van der Waals surface area contributed by atoms with Crippen molar-refractivity contribution in [2.75, 3.05) is 4.90 Å². The molecule has 110 valence electrons. The zero-order valence-electron chi connectivity index (χ0n) is 11.3. The van der Waals surface area contributed by atoms with Crippen molar-refractivity contribution in [1.82, 2.24) is 10.3 Å². The van der Waals surface area contributed by atoms with E-state index in [-0.39, 0.29) is 18.2 Å². The highest BCUT2D eigenvalue weighted by Gasteiger charge is 2.41. The second-order valence-electron chi connectivity index (χ2n) is 5.33. The molecule has 3 amide bonds. The Bertz CT molecular complexity index is 864. The molecule has 6 nitrogen and oxygen atoms in total. The predicted molar refractivity (Wildman–Crippen MR) is 82.4 cm³/mol. The van der Waals surface area contributed by atoms with Crippen molar-refractivity contribution >= 4 is 50.2 Å². The van der Waals surface area contributed by atoms with Crippen LogP contribution in [0.15, 0.2) is 28.9 Å². The topological polar surface area (TPSA) is 79.4 Å². The Morgan fingerprint density at radius 3 is 2.86 bits per heavy atom. The number of anilines is 1. The van der Waals surface area contributed by atoms with Gasteiger partial charge in [0.25, 0.3) is 5.91 Å². The van der Waals surface area contributed by atoms with E-state index < -0.39 is 11.9 Å². The number of halogens is 1. The van der Waals surface area contributed by atoms with Gasteiger partial charge in [-0.2, -0.15) is 0 Å². The van der Waals surface area contributed by atoms with Gasteiger partial charge in [0, 0.05) is 22.5 Å². The summed E-state index contributed by atoms with van der Waals surface area (Å²) < 4.78 is 0.797. The Balaban J connectivity index is 1.88. The lowest BCUT2D eigenvalue weighted by atomic mass is 10.0. The molecule has 1 saturated heterocycles. The summed E-state index contributed by atoms with van der Waals surface area (Å²) in [6.45, 7) is 0. The molecule has 1 atom stereocenters. The quantitative estimate of drug-likeness (QED) is 0.786. The number of aromatic nitrogens is 1. The fourth-order valence-electron chi connectivity index (χ4n) is 3.06. The predicted octanol–water partition coefficient (Wildman–Crippen LogP) is 1.76. The van der Waals surface area contributed by atoms with Gasteiger partial charge in [-0.25, -0.2) is 4.98 Å². The number of hydrogen-bond acceptors (Lipinski definition) is 4. The first-order chi connectivity index (χ1) is 10.6. The van der Waals surface area contributed by atoms with Gasteiger partial charge in [-0.15, -0.1) is 0 Å². The summed E-state index contributed by atoms with van der Waals surface area (Å²) in [5, 5.41) is 3.93. The molecule has 7 heteroatoms. The van der Waals surface area contributed by atoms with E-state index in [0.29, 0.717) is 17.8 Å². The minimum absolute atomic E-state index is 0.218. The number of nitrogens with zero attached hydrogens (tertiary/aromatic N) is 2. The molecule has 22 heavy (non-hydrogen) atoms. The number of rotatable bonds is 1. The summed E-state index contributed by atoms with van der Waals surface area (Å²) >= 11 is 3.40. The molecule has 3 heterocycles. The van der Waals surface area contributed by atoms with Gasteiger partial charge in [0.15, 0.2) is 0 Å². The molecule has 0 bridgehead atoms. The van der Waals surface area contributed by atoms with Crippen molar-refractivity contribution in [3.63, 3.8) is 0 Å². The van der Waals surface area contributed by atoms with E-state index in [0.717, 1.165) is 15.2 Å². The van der Waals surface area contributed by atoms with Crippen LogP contribution in [0.2, 0.25) is 0 Å². The molecular weight excluding hydrogens is 350 g/mol. The summed E-state index contributed by atoms with van der Waals surface area (Å²) in [5.41, 5.74) is 0.525. The van der Waals surface area contributed by atoms with E-state index in [4.69, 9.17) is 0 Å². The Morgan fingerprint density at radius 1 is 1.27 bits per heavy atom. The van der Waals surface area contributed by atoms with Crippen LogP contribution in [0.3, 0.4) is 0 Å². The number of nitrogens with one attached hydrogen (secondary N) is 1. The van der Waals surface area contributed by atoms with Gasteiger partial charge in [-0.3, -0.25) is 24.6 Å². The van der Waals surface area contributed by atoms with Crippen molar-refractivity contribution < 1.29 is 14.4 Å². The Labute approximate surface area is 133 Å². The van der Waals surface area contributed by atoms with Crippen molar-refractivity contribution in [2.45, 2.75) is 18.9 Å². The standard InChI is InChI=1S/C15H10BrN3O3/c16-8-5-7-3-4-17-13-12(7)9(6-8)15(22)19(13)10-1-2-11(20)18-14(10)21/h3-6,10H,1-2H2,(H,18,20,21). The van der Waals surface area contributed by atoms with E-state index in [2.05, 4.69) is 26.2 Å². The SMILES string of the molecule is O=C1CCC(N2C(=O)c3cc(Br)cc4ccnc2c34)C(=O)N1. The summed E-state index contributed by atoms with van der Waals surface area (Å²) in [6, 6.07) is 4.77. The monoisotopic (exact) mass is 359 g/mol. The van der Waals surface area contributed by atoms with Gasteiger partial charge in [-0.05, 0) is 30.0 Å². The first kappa shape index (κ1) is 13.4. The number of carbonyl (C=O) groups is 3. The molecule has 0 aliphatic carbocycles. The third kappa shape index (κ3) is 1.78. The molecule has 2 aliphatic heterocycles. The third-order valence-electron chi connectivity index (χ3n) is 4.01. The summed E-state index contributed by atoms with van der Waals surface area (Å²) in [6.07, 6.45) is 2.14. The van der Waals surface area contributed by atoms with Gasteiger partial charge in [0.2, 0.25) is 11.8 Å². The number of pyridine rings is 1. The van der Waals surface area contributed by atoms with Crippen LogP contribution in [0.5, 0.6) is 0 Å². The second kappa shape index (κ2) is 4.61. The summed E-state index contributed by atoms with van der Waals surface area (Å²) in [7, 11) is 0. The lowest BCUT2D eigenvalue weighted by Crippen LogP contribution is -2.53. The van der Waals surface area contributed by atoms with Crippen LogP contribution in [0.25, 0.3) is 10.8 Å². The molecule has 1 N–H and O–H groups in total. The molecule has 4 rings (SSSR count). The van der Waals surface area contributed by atoms with E-state index in [1.54, 1.807) is 12.3 Å². The fraction of sp³-hybridized carbons (Fsp3) is 0.200. The van der Waals surface area contributed by atoms with E-state index in [9.17, 15) is 14.4 Å². The van der Waals surface area contributed by atoms with Crippen molar-refractivity contribution in [1.29, 1.82) is 0 Å². The Kier molecular flexibility index (Phi) is 2.80. The largest absolute Gasteiger partial charge is 0.295 e. The molecule has 0 saturated carbocycles. The maximum absolute atomic E-state index is 12.8. The zero-order valence-corrected chi connectivity index (χ0v) is 12.9. The Hall–Kier alpha value is -2.28. The lowest BCUT2D eigenvalue weighted by molar-refractivity contribution is -0.134. The van der Waals surface area contributed by atoms with Gasteiger partial charge < -0.3 is 0 Å². The van der Waals surface area contributed by atoms with Crippen LogP contribution >= 0.6 is 15.9 Å². The van der Waals surface area contributed by atoms with Gasteiger partial charge in [0.1, 0.15) is 11.9 Å². The fourth-order valence-corrected chi connectivity index (χ4v) is 3.53. The van der Waals surface area contributed by atoms with Crippen molar-refractivity contribution in [3.05, 3.63) is 34.4 Å². The van der Waals surface area contributed by atoms with E-state index >= 15 is 0 Å². The number of amides is 3. The molecule has 1 aromatic heterocycles. The smallest absolute Gasteiger partial charge is 0.261 e. The first-order valence-electron chi connectivity index (χ1n) is 6.82. The Morgan fingerprint density at radius 2 is 2.09 bits per heavy atom. The molecule has 0 radical (unpaired) electrons. The van der Waals surface area contributed by atoms with Crippen LogP contribution in [0.1, 0.15) is 23.2 Å². The van der Waals surface area contributed by atoms with Gasteiger partial charge >= 0.3 is 0 Å². The maximum atomic E-state index is 12.8. The minimum atomic E-state index is -0.700.